The van der Waals surface area contributed by atoms with Crippen LogP contribution < -0.4 is 0 Å². The number of likely N-dealkylation sites (tertiary alicyclic amines) is 1. The van der Waals surface area contributed by atoms with E-state index in [1.165, 1.54) is 30.5 Å². The lowest BCUT2D eigenvalue weighted by Gasteiger charge is -2.37. The molecule has 1 saturated heterocycles. The monoisotopic (exact) mass is 323 g/mol. The molecule has 0 aliphatic carbocycles. The SMILES string of the molecule is CC[C@@H](c1ccccc1)N1CCC(c2ccnc(C(C)C)n2)CC1. The highest BCUT2D eigenvalue weighted by atomic mass is 15.2. The van der Waals surface area contributed by atoms with Gasteiger partial charge in [-0.05, 0) is 44.0 Å². The van der Waals surface area contributed by atoms with Gasteiger partial charge in [0.05, 0.1) is 0 Å². The van der Waals surface area contributed by atoms with E-state index in [4.69, 9.17) is 4.98 Å². The van der Waals surface area contributed by atoms with Crippen LogP contribution in [0, 0.1) is 0 Å². The molecule has 0 saturated carbocycles. The van der Waals surface area contributed by atoms with Gasteiger partial charge < -0.3 is 0 Å². The summed E-state index contributed by atoms with van der Waals surface area (Å²) in [4.78, 5) is 11.9. The molecule has 1 atom stereocenters. The molecule has 3 rings (SSSR count). The van der Waals surface area contributed by atoms with Crippen molar-refractivity contribution < 1.29 is 0 Å². The average Bonchev–Trinajstić information content (AvgIpc) is 2.64. The zero-order chi connectivity index (χ0) is 16.9. The van der Waals surface area contributed by atoms with Gasteiger partial charge in [0, 0.05) is 29.8 Å². The lowest BCUT2D eigenvalue weighted by Crippen LogP contribution is -2.36. The third-order valence-electron chi connectivity index (χ3n) is 5.17. The molecule has 1 aromatic heterocycles. The zero-order valence-electron chi connectivity index (χ0n) is 15.2. The summed E-state index contributed by atoms with van der Waals surface area (Å²) in [5, 5.41) is 0. The summed E-state index contributed by atoms with van der Waals surface area (Å²) in [7, 11) is 0. The molecule has 2 heterocycles. The maximum Gasteiger partial charge on any atom is 0.131 e. The van der Waals surface area contributed by atoms with Crippen molar-refractivity contribution >= 4 is 0 Å². The van der Waals surface area contributed by atoms with E-state index in [0.717, 1.165) is 18.9 Å². The molecular formula is C21H29N3. The van der Waals surface area contributed by atoms with Gasteiger partial charge in [-0.15, -0.1) is 0 Å². The van der Waals surface area contributed by atoms with Gasteiger partial charge in [0.2, 0.25) is 0 Å². The molecule has 0 bridgehead atoms. The summed E-state index contributed by atoms with van der Waals surface area (Å²) >= 11 is 0. The summed E-state index contributed by atoms with van der Waals surface area (Å²) < 4.78 is 0. The molecule has 1 aromatic carbocycles. The van der Waals surface area contributed by atoms with E-state index in [9.17, 15) is 0 Å². The first-order valence-electron chi connectivity index (χ1n) is 9.30. The topological polar surface area (TPSA) is 29.0 Å². The molecule has 3 nitrogen and oxygen atoms in total. The Morgan fingerprint density at radius 1 is 1.08 bits per heavy atom. The minimum Gasteiger partial charge on any atom is -0.296 e. The smallest absolute Gasteiger partial charge is 0.131 e. The van der Waals surface area contributed by atoms with Crippen LogP contribution in [-0.4, -0.2) is 28.0 Å². The molecule has 2 aromatic rings. The van der Waals surface area contributed by atoms with Crippen LogP contribution in [0.2, 0.25) is 0 Å². The Bertz CT molecular complexity index is 631. The number of benzene rings is 1. The second kappa shape index (κ2) is 7.89. The molecular weight excluding hydrogens is 294 g/mol. The minimum absolute atomic E-state index is 0.396. The highest BCUT2D eigenvalue weighted by molar-refractivity contribution is 5.19. The van der Waals surface area contributed by atoms with Crippen molar-refractivity contribution in [3.8, 4) is 0 Å². The van der Waals surface area contributed by atoms with Gasteiger partial charge in [-0.1, -0.05) is 51.1 Å². The fourth-order valence-electron chi connectivity index (χ4n) is 3.78. The van der Waals surface area contributed by atoms with Gasteiger partial charge in [0.25, 0.3) is 0 Å². The lowest BCUT2D eigenvalue weighted by atomic mass is 9.91. The number of hydrogen-bond donors (Lipinski definition) is 0. The van der Waals surface area contributed by atoms with Crippen molar-refractivity contribution in [3.63, 3.8) is 0 Å². The fraction of sp³-hybridized carbons (Fsp3) is 0.524. The number of hydrogen-bond acceptors (Lipinski definition) is 3. The van der Waals surface area contributed by atoms with Crippen molar-refractivity contribution in [3.05, 3.63) is 59.7 Å². The first-order chi connectivity index (χ1) is 11.7. The van der Waals surface area contributed by atoms with Crippen molar-refractivity contribution in [1.82, 2.24) is 14.9 Å². The van der Waals surface area contributed by atoms with Crippen LogP contribution in [-0.2, 0) is 0 Å². The maximum atomic E-state index is 4.81. The number of aromatic nitrogens is 2. The molecule has 0 unspecified atom stereocenters. The van der Waals surface area contributed by atoms with Gasteiger partial charge in [0.15, 0.2) is 0 Å². The van der Waals surface area contributed by atoms with Crippen LogP contribution in [0.5, 0.6) is 0 Å². The Hall–Kier alpha value is -1.74. The summed E-state index contributed by atoms with van der Waals surface area (Å²) in [6, 6.07) is 13.6. The van der Waals surface area contributed by atoms with E-state index in [1.807, 2.05) is 6.20 Å². The van der Waals surface area contributed by atoms with Crippen molar-refractivity contribution in [2.75, 3.05) is 13.1 Å². The van der Waals surface area contributed by atoms with Crippen LogP contribution >= 0.6 is 0 Å². The first kappa shape index (κ1) is 17.1. The van der Waals surface area contributed by atoms with Gasteiger partial charge in [0.1, 0.15) is 5.82 Å². The molecule has 1 aliphatic heterocycles. The third kappa shape index (κ3) is 3.84. The van der Waals surface area contributed by atoms with E-state index in [2.05, 4.69) is 67.1 Å². The number of piperidine rings is 1. The molecule has 1 aliphatic rings. The molecule has 0 N–H and O–H groups in total. The molecule has 0 radical (unpaired) electrons. The van der Waals surface area contributed by atoms with Crippen LogP contribution in [0.4, 0.5) is 0 Å². The van der Waals surface area contributed by atoms with E-state index < -0.39 is 0 Å². The number of rotatable bonds is 5. The van der Waals surface area contributed by atoms with Crippen molar-refractivity contribution in [2.24, 2.45) is 0 Å². The van der Waals surface area contributed by atoms with E-state index >= 15 is 0 Å². The largest absolute Gasteiger partial charge is 0.296 e. The Morgan fingerprint density at radius 3 is 2.42 bits per heavy atom. The van der Waals surface area contributed by atoms with E-state index in [0.29, 0.717) is 17.9 Å². The lowest BCUT2D eigenvalue weighted by molar-refractivity contribution is 0.147. The predicted molar refractivity (Wildman–Crippen MR) is 99.1 cm³/mol. The summed E-state index contributed by atoms with van der Waals surface area (Å²) in [6.07, 6.45) is 5.48. The summed E-state index contributed by atoms with van der Waals surface area (Å²) in [6.45, 7) is 8.92. The Balaban J connectivity index is 1.66. The zero-order valence-corrected chi connectivity index (χ0v) is 15.2. The van der Waals surface area contributed by atoms with Crippen LogP contribution in [0.1, 0.15) is 75.0 Å². The normalized spacial score (nSPS) is 18.0. The maximum absolute atomic E-state index is 4.81. The quantitative estimate of drug-likeness (QED) is 0.781. The van der Waals surface area contributed by atoms with Crippen LogP contribution in [0.15, 0.2) is 42.6 Å². The third-order valence-corrected chi connectivity index (χ3v) is 5.17. The minimum atomic E-state index is 0.396. The second-order valence-electron chi connectivity index (χ2n) is 7.14. The summed E-state index contributed by atoms with van der Waals surface area (Å²) in [5.41, 5.74) is 2.68. The van der Waals surface area contributed by atoms with Crippen LogP contribution in [0.3, 0.4) is 0 Å². The van der Waals surface area contributed by atoms with Crippen molar-refractivity contribution in [2.45, 2.75) is 57.9 Å². The molecule has 3 heteroatoms. The molecule has 128 valence electrons. The highest BCUT2D eigenvalue weighted by Crippen LogP contribution is 2.33. The molecule has 24 heavy (non-hydrogen) atoms. The highest BCUT2D eigenvalue weighted by Gasteiger charge is 2.26. The fourth-order valence-corrected chi connectivity index (χ4v) is 3.78. The van der Waals surface area contributed by atoms with Gasteiger partial charge in [-0.2, -0.15) is 0 Å². The van der Waals surface area contributed by atoms with Gasteiger partial charge in [-0.25, -0.2) is 9.97 Å². The Morgan fingerprint density at radius 2 is 1.79 bits per heavy atom. The average molecular weight is 323 g/mol. The molecule has 1 fully saturated rings. The van der Waals surface area contributed by atoms with E-state index in [1.54, 1.807) is 0 Å². The van der Waals surface area contributed by atoms with Crippen LogP contribution in [0.25, 0.3) is 0 Å². The summed E-state index contributed by atoms with van der Waals surface area (Å²) in [5.74, 6) is 1.95. The number of nitrogens with zero attached hydrogens (tertiary/aromatic N) is 3. The van der Waals surface area contributed by atoms with Gasteiger partial charge >= 0.3 is 0 Å². The Labute approximate surface area is 146 Å². The van der Waals surface area contributed by atoms with Gasteiger partial charge in [-0.3, -0.25) is 4.90 Å². The molecule has 0 amide bonds. The Kier molecular flexibility index (Phi) is 5.62. The molecule has 0 spiro atoms. The predicted octanol–water partition coefficient (Wildman–Crippen LogP) is 4.93. The van der Waals surface area contributed by atoms with E-state index in [-0.39, 0.29) is 0 Å². The van der Waals surface area contributed by atoms with Crippen molar-refractivity contribution in [1.29, 1.82) is 0 Å². The standard InChI is InChI=1S/C21H29N3/c1-4-20(18-8-6-5-7-9-18)24-14-11-17(12-15-24)19-10-13-22-21(23-19)16(2)3/h5-10,13,16-17,20H,4,11-12,14-15H2,1-3H3/t20-/m0/s1. The first-order valence-corrected chi connectivity index (χ1v) is 9.30. The second-order valence-corrected chi connectivity index (χ2v) is 7.14.